The zero-order chi connectivity index (χ0) is 11.7. The number of aliphatic hydroxyl groups excluding tert-OH is 1. The van der Waals surface area contributed by atoms with Crippen molar-refractivity contribution in [3.8, 4) is 0 Å². The maximum atomic E-state index is 11.0. The zero-order valence-corrected chi connectivity index (χ0v) is 9.11. The molecule has 0 amide bonds. The van der Waals surface area contributed by atoms with Crippen LogP contribution in [0.2, 0.25) is 0 Å². The first-order valence-corrected chi connectivity index (χ1v) is 4.69. The fourth-order valence-electron chi connectivity index (χ4n) is 1.88. The highest BCUT2D eigenvalue weighted by atomic mass is 16.4. The molecule has 1 unspecified atom stereocenters. The summed E-state index contributed by atoms with van der Waals surface area (Å²) >= 11 is 0. The molecule has 4 N–H and O–H groups in total. The summed E-state index contributed by atoms with van der Waals surface area (Å²) in [6, 6.07) is 0. The van der Waals surface area contributed by atoms with Crippen molar-refractivity contribution in [3.05, 3.63) is 22.5 Å². The number of aromatic carboxylic acids is 1. The van der Waals surface area contributed by atoms with Crippen molar-refractivity contribution in [2.45, 2.75) is 20.0 Å². The Morgan fingerprint density at radius 3 is 2.33 bits per heavy atom. The van der Waals surface area contributed by atoms with Crippen LogP contribution in [0.15, 0.2) is 0 Å². The van der Waals surface area contributed by atoms with Crippen LogP contribution in [-0.4, -0.2) is 27.3 Å². The van der Waals surface area contributed by atoms with Gasteiger partial charge in [-0.2, -0.15) is 0 Å². The topological polar surface area (TPSA) is 88.5 Å². The number of carboxylic acid groups (broad SMARTS) is 1. The van der Waals surface area contributed by atoms with E-state index in [0.717, 1.165) is 5.56 Å². The van der Waals surface area contributed by atoms with Crippen LogP contribution in [-0.2, 0) is 7.05 Å². The first kappa shape index (κ1) is 11.7. The summed E-state index contributed by atoms with van der Waals surface area (Å²) in [5.41, 5.74) is 7.61. The van der Waals surface area contributed by atoms with Gasteiger partial charge < -0.3 is 20.5 Å². The van der Waals surface area contributed by atoms with Crippen molar-refractivity contribution < 1.29 is 15.0 Å². The molecule has 0 aliphatic heterocycles. The Morgan fingerprint density at radius 2 is 2.00 bits per heavy atom. The van der Waals surface area contributed by atoms with Crippen LogP contribution in [0, 0.1) is 13.8 Å². The Labute approximate surface area is 88.1 Å². The third kappa shape index (κ3) is 1.75. The molecule has 0 aliphatic carbocycles. The van der Waals surface area contributed by atoms with E-state index in [2.05, 4.69) is 0 Å². The second kappa shape index (κ2) is 4.04. The van der Waals surface area contributed by atoms with E-state index in [0.29, 0.717) is 11.3 Å². The lowest BCUT2D eigenvalue weighted by molar-refractivity contribution is 0.0684. The van der Waals surface area contributed by atoms with E-state index in [1.807, 2.05) is 0 Å². The number of rotatable bonds is 3. The molecule has 0 aliphatic rings. The van der Waals surface area contributed by atoms with Crippen LogP contribution in [0.1, 0.15) is 33.4 Å². The van der Waals surface area contributed by atoms with Gasteiger partial charge in [0.1, 0.15) is 11.8 Å². The van der Waals surface area contributed by atoms with Crippen molar-refractivity contribution in [1.82, 2.24) is 4.57 Å². The van der Waals surface area contributed by atoms with Crippen LogP contribution < -0.4 is 5.73 Å². The molecule has 1 heterocycles. The van der Waals surface area contributed by atoms with Crippen molar-refractivity contribution in [2.75, 3.05) is 6.54 Å². The molecule has 1 aromatic heterocycles. The van der Waals surface area contributed by atoms with Gasteiger partial charge in [-0.15, -0.1) is 0 Å². The summed E-state index contributed by atoms with van der Waals surface area (Å²) in [4.78, 5) is 11.0. The van der Waals surface area contributed by atoms with E-state index < -0.39 is 12.1 Å². The first-order chi connectivity index (χ1) is 6.91. The fourth-order valence-corrected chi connectivity index (χ4v) is 1.88. The third-order valence-electron chi connectivity index (χ3n) is 2.74. The minimum atomic E-state index is -0.992. The highest BCUT2D eigenvalue weighted by Gasteiger charge is 2.23. The van der Waals surface area contributed by atoms with Gasteiger partial charge in [0.05, 0.1) is 5.69 Å². The van der Waals surface area contributed by atoms with Crippen molar-refractivity contribution >= 4 is 5.97 Å². The van der Waals surface area contributed by atoms with Crippen molar-refractivity contribution in [3.63, 3.8) is 0 Å². The monoisotopic (exact) mass is 212 g/mol. The molecule has 0 radical (unpaired) electrons. The van der Waals surface area contributed by atoms with Crippen LogP contribution in [0.4, 0.5) is 0 Å². The lowest BCUT2D eigenvalue weighted by atomic mass is 10.1. The number of aromatic nitrogens is 1. The van der Waals surface area contributed by atoms with Gasteiger partial charge in [-0.25, -0.2) is 4.79 Å². The number of nitrogens with two attached hydrogens (primary N) is 1. The first-order valence-electron chi connectivity index (χ1n) is 4.69. The summed E-state index contributed by atoms with van der Waals surface area (Å²) in [5.74, 6) is -0.992. The second-order valence-corrected chi connectivity index (χ2v) is 3.60. The highest BCUT2D eigenvalue weighted by Crippen LogP contribution is 2.25. The zero-order valence-electron chi connectivity index (χ0n) is 9.11. The number of carbonyl (C=O) groups is 1. The number of hydrogen-bond acceptors (Lipinski definition) is 3. The minimum absolute atomic E-state index is 0.0805. The SMILES string of the molecule is Cc1c(C)c(C(O)CN)n(C)c1C(=O)O. The normalized spacial score (nSPS) is 12.9. The molecule has 1 aromatic rings. The quantitative estimate of drug-likeness (QED) is 0.673. The summed E-state index contributed by atoms with van der Waals surface area (Å²) < 4.78 is 1.49. The van der Waals surface area contributed by atoms with Gasteiger partial charge in [0.2, 0.25) is 0 Å². The van der Waals surface area contributed by atoms with Crippen LogP contribution in [0.5, 0.6) is 0 Å². The summed E-state index contributed by atoms with van der Waals surface area (Å²) in [6.07, 6.45) is -0.818. The molecule has 0 saturated heterocycles. The molecule has 0 saturated carbocycles. The van der Waals surface area contributed by atoms with Gasteiger partial charge in [0.15, 0.2) is 0 Å². The number of carboxylic acids is 1. The second-order valence-electron chi connectivity index (χ2n) is 3.60. The van der Waals surface area contributed by atoms with Gasteiger partial charge in [0, 0.05) is 13.6 Å². The Morgan fingerprint density at radius 1 is 1.47 bits per heavy atom. The molecule has 0 bridgehead atoms. The maximum absolute atomic E-state index is 11.0. The molecule has 1 rings (SSSR count). The van der Waals surface area contributed by atoms with E-state index >= 15 is 0 Å². The molecule has 84 valence electrons. The van der Waals surface area contributed by atoms with E-state index in [1.54, 1.807) is 20.9 Å². The van der Waals surface area contributed by atoms with Gasteiger partial charge in [-0.1, -0.05) is 0 Å². The average Bonchev–Trinajstić information content (AvgIpc) is 2.37. The molecular weight excluding hydrogens is 196 g/mol. The molecule has 5 heteroatoms. The molecular formula is C10H16N2O3. The van der Waals surface area contributed by atoms with E-state index in [-0.39, 0.29) is 12.2 Å². The Hall–Kier alpha value is -1.33. The Kier molecular flexibility index (Phi) is 3.16. The standard InChI is InChI=1S/C10H16N2O3/c1-5-6(2)9(10(14)15)12(3)8(5)7(13)4-11/h7,13H,4,11H2,1-3H3,(H,14,15). The van der Waals surface area contributed by atoms with E-state index in [4.69, 9.17) is 10.8 Å². The minimum Gasteiger partial charge on any atom is -0.477 e. The molecule has 5 nitrogen and oxygen atoms in total. The predicted molar refractivity (Wildman–Crippen MR) is 55.9 cm³/mol. The van der Waals surface area contributed by atoms with Crippen molar-refractivity contribution in [1.29, 1.82) is 0 Å². The molecule has 0 aromatic carbocycles. The Bertz CT molecular complexity index is 396. The van der Waals surface area contributed by atoms with Crippen LogP contribution >= 0.6 is 0 Å². The summed E-state index contributed by atoms with van der Waals surface area (Å²) in [6.45, 7) is 3.60. The van der Waals surface area contributed by atoms with Crippen LogP contribution in [0.25, 0.3) is 0 Å². The molecule has 0 fully saturated rings. The van der Waals surface area contributed by atoms with E-state index in [1.165, 1.54) is 4.57 Å². The van der Waals surface area contributed by atoms with Crippen LogP contribution in [0.3, 0.4) is 0 Å². The van der Waals surface area contributed by atoms with Crippen molar-refractivity contribution in [2.24, 2.45) is 12.8 Å². The van der Waals surface area contributed by atoms with Gasteiger partial charge in [0.25, 0.3) is 0 Å². The highest BCUT2D eigenvalue weighted by molar-refractivity contribution is 5.88. The maximum Gasteiger partial charge on any atom is 0.352 e. The number of hydrogen-bond donors (Lipinski definition) is 3. The molecule has 15 heavy (non-hydrogen) atoms. The molecule has 1 atom stereocenters. The summed E-state index contributed by atoms with van der Waals surface area (Å²) in [5, 5.41) is 18.7. The van der Waals surface area contributed by atoms with Gasteiger partial charge in [-0.05, 0) is 25.0 Å². The van der Waals surface area contributed by atoms with Gasteiger partial charge in [-0.3, -0.25) is 0 Å². The number of nitrogens with zero attached hydrogens (tertiary/aromatic N) is 1. The van der Waals surface area contributed by atoms with Gasteiger partial charge >= 0.3 is 5.97 Å². The van der Waals surface area contributed by atoms with E-state index in [9.17, 15) is 9.90 Å². The largest absolute Gasteiger partial charge is 0.477 e. The lowest BCUT2D eigenvalue weighted by Crippen LogP contribution is -2.17. The smallest absolute Gasteiger partial charge is 0.352 e. The summed E-state index contributed by atoms with van der Waals surface area (Å²) in [7, 11) is 1.62. The third-order valence-corrected chi connectivity index (χ3v) is 2.74. The predicted octanol–water partition coefficient (Wildman–Crippen LogP) is 0.332. The molecule has 0 spiro atoms. The lowest BCUT2D eigenvalue weighted by Gasteiger charge is -2.11. The number of aliphatic hydroxyl groups is 1. The average molecular weight is 212 g/mol. The Balaban J connectivity index is 3.42. The fraction of sp³-hybridized carbons (Fsp3) is 0.500.